The van der Waals surface area contributed by atoms with E-state index in [0.29, 0.717) is 24.3 Å². The maximum atomic E-state index is 13.3. The van der Waals surface area contributed by atoms with Crippen molar-refractivity contribution in [3.63, 3.8) is 0 Å². The molecular formula is C23H26N2O5S. The molecule has 0 saturated carbocycles. The first-order valence-electron chi connectivity index (χ1n) is 10.2. The third-order valence-electron chi connectivity index (χ3n) is 4.96. The molecule has 2 aromatic carbocycles. The highest BCUT2D eigenvalue weighted by molar-refractivity contribution is 7.99. The lowest BCUT2D eigenvalue weighted by Gasteiger charge is -2.27. The van der Waals surface area contributed by atoms with Crippen molar-refractivity contribution in [2.24, 2.45) is 0 Å². The number of aryl methyl sites for hydroxylation is 1. The molecule has 1 amide bonds. The van der Waals surface area contributed by atoms with Gasteiger partial charge in [0.05, 0.1) is 18.3 Å². The van der Waals surface area contributed by atoms with Gasteiger partial charge < -0.3 is 9.84 Å². The molecule has 0 radical (unpaired) electrons. The number of anilines is 1. The number of nitrogens with one attached hydrogen (secondary N) is 1. The molecule has 0 fully saturated rings. The van der Waals surface area contributed by atoms with Crippen molar-refractivity contribution in [1.82, 2.24) is 5.32 Å². The fraction of sp³-hybridized carbons (Fsp3) is 0.348. The standard InChI is InChI=1S/C23H26N2O5S/c1-2-30-23(29)17(13-12-16-8-4-3-5-9-16)24-18-15-31-20-11-7-6-10-19(20)25(22(18)28)14-21(26)27/h3-11,17-18,24H,2,12-15H2,1H3,(H,26,27)/t17?,18-/m0/s1. The predicted molar refractivity (Wildman–Crippen MR) is 119 cm³/mol. The number of aliphatic carboxylic acids is 1. The number of benzene rings is 2. The minimum atomic E-state index is -1.10. The Hall–Kier alpha value is -2.84. The zero-order valence-corrected chi connectivity index (χ0v) is 18.1. The molecule has 7 nitrogen and oxygen atoms in total. The molecule has 2 aromatic rings. The average Bonchev–Trinajstić information content (AvgIpc) is 2.89. The lowest BCUT2D eigenvalue weighted by Crippen LogP contribution is -2.54. The summed E-state index contributed by atoms with van der Waals surface area (Å²) in [5.41, 5.74) is 1.65. The lowest BCUT2D eigenvalue weighted by atomic mass is 10.0. The monoisotopic (exact) mass is 442 g/mol. The highest BCUT2D eigenvalue weighted by Crippen LogP contribution is 2.34. The van der Waals surface area contributed by atoms with Crippen LogP contribution < -0.4 is 10.2 Å². The highest BCUT2D eigenvalue weighted by atomic mass is 32.2. The van der Waals surface area contributed by atoms with Crippen molar-refractivity contribution < 1.29 is 24.2 Å². The van der Waals surface area contributed by atoms with Gasteiger partial charge in [-0.25, -0.2) is 0 Å². The van der Waals surface area contributed by atoms with Crippen LogP contribution in [0.3, 0.4) is 0 Å². The summed E-state index contributed by atoms with van der Waals surface area (Å²) in [6.07, 6.45) is 1.10. The van der Waals surface area contributed by atoms with Gasteiger partial charge in [-0.15, -0.1) is 11.8 Å². The van der Waals surface area contributed by atoms with Crippen LogP contribution in [0.25, 0.3) is 0 Å². The molecule has 31 heavy (non-hydrogen) atoms. The number of nitrogens with zero attached hydrogens (tertiary/aromatic N) is 1. The maximum Gasteiger partial charge on any atom is 0.323 e. The lowest BCUT2D eigenvalue weighted by molar-refractivity contribution is -0.146. The number of para-hydroxylation sites is 1. The molecule has 0 aromatic heterocycles. The predicted octanol–water partition coefficient (Wildman–Crippen LogP) is 2.73. The molecule has 1 aliphatic rings. The van der Waals surface area contributed by atoms with Crippen LogP contribution >= 0.6 is 11.8 Å². The van der Waals surface area contributed by atoms with Gasteiger partial charge in [-0.1, -0.05) is 42.5 Å². The largest absolute Gasteiger partial charge is 0.480 e. The minimum absolute atomic E-state index is 0.242. The van der Waals surface area contributed by atoms with Gasteiger partial charge in [0.25, 0.3) is 0 Å². The zero-order chi connectivity index (χ0) is 22.2. The van der Waals surface area contributed by atoms with E-state index in [2.05, 4.69) is 5.32 Å². The van der Waals surface area contributed by atoms with E-state index in [0.717, 1.165) is 10.5 Å². The summed E-state index contributed by atoms with van der Waals surface area (Å²) in [5, 5.41) is 12.5. The van der Waals surface area contributed by atoms with Crippen LogP contribution in [0.15, 0.2) is 59.5 Å². The number of carbonyl (C=O) groups excluding carboxylic acids is 2. The van der Waals surface area contributed by atoms with Gasteiger partial charge in [0.15, 0.2) is 0 Å². The number of thioether (sulfide) groups is 1. The Morgan fingerprint density at radius 2 is 1.90 bits per heavy atom. The van der Waals surface area contributed by atoms with Crippen molar-refractivity contribution in [1.29, 1.82) is 0 Å². The molecule has 164 valence electrons. The molecule has 3 rings (SSSR count). The molecule has 1 heterocycles. The van der Waals surface area contributed by atoms with Crippen LogP contribution in [-0.4, -0.2) is 53.9 Å². The molecule has 1 aliphatic heterocycles. The highest BCUT2D eigenvalue weighted by Gasteiger charge is 2.34. The van der Waals surface area contributed by atoms with E-state index in [-0.39, 0.29) is 12.5 Å². The normalized spacial score (nSPS) is 16.9. The van der Waals surface area contributed by atoms with Crippen molar-refractivity contribution in [3.8, 4) is 0 Å². The van der Waals surface area contributed by atoms with E-state index in [1.807, 2.05) is 42.5 Å². The number of hydrogen-bond acceptors (Lipinski definition) is 6. The van der Waals surface area contributed by atoms with Gasteiger partial charge in [0.2, 0.25) is 5.91 Å². The maximum absolute atomic E-state index is 13.3. The second kappa shape index (κ2) is 11.0. The molecule has 0 aliphatic carbocycles. The van der Waals surface area contributed by atoms with E-state index in [4.69, 9.17) is 4.74 Å². The third-order valence-corrected chi connectivity index (χ3v) is 6.11. The van der Waals surface area contributed by atoms with E-state index in [9.17, 15) is 19.5 Å². The summed E-state index contributed by atoms with van der Waals surface area (Å²) in [4.78, 5) is 39.4. The number of hydrogen-bond donors (Lipinski definition) is 2. The van der Waals surface area contributed by atoms with Crippen molar-refractivity contribution in [2.45, 2.75) is 36.7 Å². The second-order valence-electron chi connectivity index (χ2n) is 7.15. The number of carboxylic acid groups (broad SMARTS) is 1. The number of carbonyl (C=O) groups is 3. The Kier molecular flexibility index (Phi) is 8.08. The summed E-state index contributed by atoms with van der Waals surface area (Å²) in [6.45, 7) is 1.54. The van der Waals surface area contributed by atoms with E-state index >= 15 is 0 Å². The molecule has 1 unspecified atom stereocenters. The Morgan fingerprint density at radius 1 is 1.19 bits per heavy atom. The summed E-state index contributed by atoms with van der Waals surface area (Å²) >= 11 is 1.46. The number of rotatable bonds is 9. The quantitative estimate of drug-likeness (QED) is 0.577. The Bertz CT molecular complexity index is 921. The second-order valence-corrected chi connectivity index (χ2v) is 8.21. The summed E-state index contributed by atoms with van der Waals surface area (Å²) in [6, 6.07) is 15.6. The van der Waals surface area contributed by atoms with Crippen molar-refractivity contribution in [2.75, 3.05) is 23.8 Å². The molecule has 0 bridgehead atoms. The number of amides is 1. The summed E-state index contributed by atoms with van der Waals surface area (Å²) < 4.78 is 5.23. The first kappa shape index (κ1) is 22.8. The molecule has 2 atom stereocenters. The fourth-order valence-corrected chi connectivity index (χ4v) is 4.57. The van der Waals surface area contributed by atoms with Gasteiger partial charge in [-0.2, -0.15) is 0 Å². The first-order valence-corrected chi connectivity index (χ1v) is 11.2. The van der Waals surface area contributed by atoms with Gasteiger partial charge in [0, 0.05) is 10.6 Å². The van der Waals surface area contributed by atoms with Crippen LogP contribution in [0, 0.1) is 0 Å². The van der Waals surface area contributed by atoms with E-state index in [1.54, 1.807) is 19.1 Å². The van der Waals surface area contributed by atoms with Crippen molar-refractivity contribution >= 4 is 35.3 Å². The Morgan fingerprint density at radius 3 is 2.61 bits per heavy atom. The van der Waals surface area contributed by atoms with Crippen LogP contribution in [0.5, 0.6) is 0 Å². The zero-order valence-electron chi connectivity index (χ0n) is 17.3. The summed E-state index contributed by atoms with van der Waals surface area (Å²) in [7, 11) is 0. The topological polar surface area (TPSA) is 95.9 Å². The third kappa shape index (κ3) is 6.08. The fourth-order valence-electron chi connectivity index (χ4n) is 3.48. The Balaban J connectivity index is 1.79. The van der Waals surface area contributed by atoms with Crippen molar-refractivity contribution in [3.05, 3.63) is 60.2 Å². The number of fused-ring (bicyclic) bond motifs is 1. The smallest absolute Gasteiger partial charge is 0.323 e. The molecule has 2 N–H and O–H groups in total. The molecular weight excluding hydrogens is 416 g/mol. The van der Waals surface area contributed by atoms with Gasteiger partial charge >= 0.3 is 11.9 Å². The Labute approximate surface area is 185 Å². The number of ether oxygens (including phenoxy) is 1. The SMILES string of the molecule is CCOC(=O)C(CCc1ccccc1)N[C@H]1CSc2ccccc2N(CC(=O)O)C1=O. The van der Waals surface area contributed by atoms with E-state index < -0.39 is 30.6 Å². The van der Waals surface area contributed by atoms with Gasteiger partial charge in [0.1, 0.15) is 12.6 Å². The average molecular weight is 443 g/mol. The minimum Gasteiger partial charge on any atom is -0.480 e. The van der Waals surface area contributed by atoms with Gasteiger partial charge in [-0.3, -0.25) is 24.6 Å². The first-order chi connectivity index (χ1) is 15.0. The van der Waals surface area contributed by atoms with Crippen LogP contribution in [0.4, 0.5) is 5.69 Å². The molecule has 8 heteroatoms. The van der Waals surface area contributed by atoms with Crippen LogP contribution in [0.1, 0.15) is 18.9 Å². The summed E-state index contributed by atoms with van der Waals surface area (Å²) in [5.74, 6) is -1.50. The van der Waals surface area contributed by atoms with Gasteiger partial charge in [-0.05, 0) is 37.5 Å². The van der Waals surface area contributed by atoms with E-state index in [1.165, 1.54) is 16.7 Å². The molecule has 0 spiro atoms. The van der Waals surface area contributed by atoms with Crippen LogP contribution in [0.2, 0.25) is 0 Å². The van der Waals surface area contributed by atoms with Crippen LogP contribution in [-0.2, 0) is 25.5 Å². The number of carboxylic acids is 1. The molecule has 0 saturated heterocycles. The number of esters is 1.